The molecule has 5 nitrogen and oxygen atoms in total. The number of nitrogens with zero attached hydrogens (tertiary/aromatic N) is 2. The Kier molecular flexibility index (Phi) is 6.74. The van der Waals surface area contributed by atoms with E-state index in [1.165, 1.54) is 25.3 Å². The maximum Gasteiger partial charge on any atom is 0.435 e. The summed E-state index contributed by atoms with van der Waals surface area (Å²) in [6, 6.07) is 20.2. The van der Waals surface area contributed by atoms with E-state index in [1.54, 1.807) is 30.3 Å². The number of amides is 1. The number of alkyl halides is 3. The molecule has 4 rings (SSSR count). The van der Waals surface area contributed by atoms with Crippen LogP contribution in [0, 0.1) is 0 Å². The zero-order valence-corrected chi connectivity index (χ0v) is 19.4. The number of hydrogen-bond donors (Lipinski definition) is 0. The molecular formula is C25H18BrF3N2O3. The summed E-state index contributed by atoms with van der Waals surface area (Å²) in [5.41, 5.74) is -0.298. The van der Waals surface area contributed by atoms with E-state index in [0.717, 1.165) is 21.1 Å². The lowest BCUT2D eigenvalue weighted by Crippen LogP contribution is -2.25. The average Bonchev–Trinajstić information content (AvgIpc) is 3.16. The number of carbonyl (C=O) groups excluding carboxylic acids is 1. The van der Waals surface area contributed by atoms with Crippen molar-refractivity contribution in [2.75, 3.05) is 12.1 Å². The van der Waals surface area contributed by atoms with Gasteiger partial charge < -0.3 is 9.47 Å². The monoisotopic (exact) mass is 530 g/mol. The van der Waals surface area contributed by atoms with Crippen LogP contribution in [0.4, 0.5) is 18.9 Å². The summed E-state index contributed by atoms with van der Waals surface area (Å²) in [5, 5.41) is 4.32. The number of hydrogen-bond acceptors (Lipinski definition) is 4. The Morgan fingerprint density at radius 1 is 1.00 bits per heavy atom. The number of ether oxygens (including phenoxy) is 2. The molecule has 0 radical (unpaired) electrons. The zero-order valence-electron chi connectivity index (χ0n) is 17.8. The van der Waals surface area contributed by atoms with Gasteiger partial charge in [-0.15, -0.1) is 0 Å². The van der Waals surface area contributed by atoms with Gasteiger partial charge in [0.1, 0.15) is 6.61 Å². The number of methoxy groups -OCH3 is 1. The first-order valence-electron chi connectivity index (χ1n) is 10.1. The zero-order chi connectivity index (χ0) is 24.3. The maximum atomic E-state index is 13.7. The van der Waals surface area contributed by atoms with Crippen molar-refractivity contribution in [1.82, 2.24) is 0 Å². The molecule has 1 heterocycles. The molecule has 0 fully saturated rings. The Labute approximate surface area is 202 Å². The number of benzene rings is 3. The van der Waals surface area contributed by atoms with Crippen LogP contribution < -0.4 is 14.5 Å². The van der Waals surface area contributed by atoms with Gasteiger partial charge >= 0.3 is 6.18 Å². The van der Waals surface area contributed by atoms with Gasteiger partial charge in [-0.2, -0.15) is 23.3 Å². The van der Waals surface area contributed by atoms with Crippen LogP contribution in [0.5, 0.6) is 11.5 Å². The molecule has 9 heteroatoms. The Bertz CT molecular complexity index is 1260. The quantitative estimate of drug-likeness (QED) is 0.347. The predicted molar refractivity (Wildman–Crippen MR) is 127 cm³/mol. The number of halogens is 4. The van der Waals surface area contributed by atoms with Gasteiger partial charge in [-0.05, 0) is 53.6 Å². The Hall–Kier alpha value is -3.59. The van der Waals surface area contributed by atoms with Crippen LogP contribution in [-0.4, -0.2) is 24.9 Å². The smallest absolute Gasteiger partial charge is 0.435 e. The van der Waals surface area contributed by atoms with E-state index < -0.39 is 23.4 Å². The fourth-order valence-corrected chi connectivity index (χ4v) is 3.56. The van der Waals surface area contributed by atoms with E-state index in [-0.39, 0.29) is 12.3 Å². The summed E-state index contributed by atoms with van der Waals surface area (Å²) in [5.74, 6) is -0.128. The van der Waals surface area contributed by atoms with Crippen molar-refractivity contribution >= 4 is 39.3 Å². The van der Waals surface area contributed by atoms with Gasteiger partial charge in [0.25, 0.3) is 5.91 Å². The number of hydrazone groups is 1. The minimum Gasteiger partial charge on any atom is -0.493 e. The molecule has 0 N–H and O–H groups in total. The molecular weight excluding hydrogens is 513 g/mol. The lowest BCUT2D eigenvalue weighted by molar-refractivity contribution is -0.114. The highest BCUT2D eigenvalue weighted by Crippen LogP contribution is 2.34. The molecule has 0 aliphatic carbocycles. The number of carbonyl (C=O) groups is 1. The molecule has 1 amide bonds. The SMILES string of the molecule is COc1cc(/C=C2\C(=O)N(c3ccccc3)N=C2C(F)(F)F)ccc1OCc1ccc(Br)cc1. The van der Waals surface area contributed by atoms with E-state index in [4.69, 9.17) is 9.47 Å². The lowest BCUT2D eigenvalue weighted by atomic mass is 10.1. The van der Waals surface area contributed by atoms with Crippen LogP contribution in [0.25, 0.3) is 6.08 Å². The molecule has 3 aromatic rings. The summed E-state index contributed by atoms with van der Waals surface area (Å²) < 4.78 is 53.1. The second kappa shape index (κ2) is 9.72. The molecule has 0 saturated carbocycles. The van der Waals surface area contributed by atoms with E-state index in [1.807, 2.05) is 24.3 Å². The van der Waals surface area contributed by atoms with Gasteiger partial charge in [0.15, 0.2) is 17.2 Å². The summed E-state index contributed by atoms with van der Waals surface area (Å²) in [6.45, 7) is 0.277. The van der Waals surface area contributed by atoms with Crippen LogP contribution in [0.15, 0.2) is 87.9 Å². The van der Waals surface area contributed by atoms with Crippen molar-refractivity contribution in [3.8, 4) is 11.5 Å². The van der Waals surface area contributed by atoms with Crippen LogP contribution >= 0.6 is 15.9 Å². The predicted octanol–water partition coefficient (Wildman–Crippen LogP) is 6.39. The minimum atomic E-state index is -4.80. The highest BCUT2D eigenvalue weighted by molar-refractivity contribution is 9.10. The second-order valence-electron chi connectivity index (χ2n) is 7.28. The summed E-state index contributed by atoms with van der Waals surface area (Å²) >= 11 is 3.37. The number of rotatable bonds is 6. The molecule has 0 atom stereocenters. The Balaban J connectivity index is 1.62. The molecule has 1 aliphatic rings. The number of para-hydroxylation sites is 1. The third kappa shape index (κ3) is 5.14. The molecule has 34 heavy (non-hydrogen) atoms. The first kappa shape index (κ1) is 23.6. The first-order chi connectivity index (χ1) is 16.3. The first-order valence-corrected chi connectivity index (χ1v) is 10.9. The molecule has 0 bridgehead atoms. The van der Waals surface area contributed by atoms with E-state index in [9.17, 15) is 18.0 Å². The third-order valence-corrected chi connectivity index (χ3v) is 5.48. The molecule has 0 saturated heterocycles. The van der Waals surface area contributed by atoms with Gasteiger partial charge in [0.05, 0.1) is 18.4 Å². The van der Waals surface area contributed by atoms with Gasteiger partial charge in [-0.1, -0.05) is 52.3 Å². The van der Waals surface area contributed by atoms with Crippen molar-refractivity contribution in [3.63, 3.8) is 0 Å². The summed E-state index contributed by atoms with van der Waals surface area (Å²) in [7, 11) is 1.43. The Morgan fingerprint density at radius 3 is 2.35 bits per heavy atom. The highest BCUT2D eigenvalue weighted by Gasteiger charge is 2.46. The van der Waals surface area contributed by atoms with E-state index >= 15 is 0 Å². The lowest BCUT2D eigenvalue weighted by Gasteiger charge is -2.12. The van der Waals surface area contributed by atoms with Crippen molar-refractivity contribution in [1.29, 1.82) is 0 Å². The summed E-state index contributed by atoms with van der Waals surface area (Å²) in [4.78, 5) is 12.9. The van der Waals surface area contributed by atoms with Gasteiger partial charge in [-0.3, -0.25) is 4.79 Å². The molecule has 1 aliphatic heterocycles. The van der Waals surface area contributed by atoms with Crippen LogP contribution in [0.3, 0.4) is 0 Å². The molecule has 0 aromatic heterocycles. The standard InChI is InChI=1S/C25H18BrF3N2O3/c1-33-22-14-17(9-12-21(22)34-15-16-7-10-18(26)11-8-16)13-20-23(25(27,28)29)30-31(24(20)32)19-5-3-2-4-6-19/h2-14H,15H2,1H3/b20-13-. The topological polar surface area (TPSA) is 51.1 Å². The molecule has 0 unspecified atom stereocenters. The van der Waals surface area contributed by atoms with Crippen LogP contribution in [-0.2, 0) is 11.4 Å². The fourth-order valence-electron chi connectivity index (χ4n) is 3.30. The van der Waals surface area contributed by atoms with E-state index in [0.29, 0.717) is 17.1 Å². The maximum absolute atomic E-state index is 13.7. The van der Waals surface area contributed by atoms with Crippen molar-refractivity contribution in [2.45, 2.75) is 12.8 Å². The van der Waals surface area contributed by atoms with Crippen molar-refractivity contribution in [2.24, 2.45) is 5.10 Å². The highest BCUT2D eigenvalue weighted by atomic mass is 79.9. The van der Waals surface area contributed by atoms with Gasteiger partial charge in [0.2, 0.25) is 0 Å². The van der Waals surface area contributed by atoms with E-state index in [2.05, 4.69) is 21.0 Å². The third-order valence-electron chi connectivity index (χ3n) is 4.95. The summed E-state index contributed by atoms with van der Waals surface area (Å²) in [6.07, 6.45) is -3.65. The second-order valence-corrected chi connectivity index (χ2v) is 8.20. The average molecular weight is 531 g/mol. The molecule has 3 aromatic carbocycles. The molecule has 174 valence electrons. The number of anilines is 1. The Morgan fingerprint density at radius 2 is 1.71 bits per heavy atom. The normalized spacial score (nSPS) is 15.0. The van der Waals surface area contributed by atoms with Gasteiger partial charge in [-0.25, -0.2) is 0 Å². The van der Waals surface area contributed by atoms with Crippen LogP contribution in [0.1, 0.15) is 11.1 Å². The minimum absolute atomic E-state index is 0.243. The largest absolute Gasteiger partial charge is 0.493 e. The molecule has 0 spiro atoms. The van der Waals surface area contributed by atoms with Gasteiger partial charge in [0, 0.05) is 4.47 Å². The fraction of sp³-hybridized carbons (Fsp3) is 0.120. The van der Waals surface area contributed by atoms with Crippen molar-refractivity contribution < 1.29 is 27.4 Å². The van der Waals surface area contributed by atoms with Crippen molar-refractivity contribution in [3.05, 3.63) is 94.0 Å². The van der Waals surface area contributed by atoms with Crippen LogP contribution in [0.2, 0.25) is 0 Å².